The molecular weight excluding hydrogens is 649 g/mol. The molecule has 0 fully saturated rings. The molecule has 52 heavy (non-hydrogen) atoms. The number of hydrogen-bond donors (Lipinski definition) is 0. The lowest BCUT2D eigenvalue weighted by Gasteiger charge is -2.35. The van der Waals surface area contributed by atoms with Crippen molar-refractivity contribution in [3.63, 3.8) is 0 Å². The van der Waals surface area contributed by atoms with Crippen molar-refractivity contribution in [3.8, 4) is 5.82 Å². The van der Waals surface area contributed by atoms with Gasteiger partial charge >= 0.3 is 0 Å². The van der Waals surface area contributed by atoms with E-state index in [1.807, 2.05) is 6.20 Å². The molecular formula is C47H42N4Si. The van der Waals surface area contributed by atoms with E-state index >= 15 is 0 Å². The predicted octanol–water partition coefficient (Wildman–Crippen LogP) is 8.40. The molecule has 0 spiro atoms. The summed E-state index contributed by atoms with van der Waals surface area (Å²) in [6, 6.07) is 61.0. The predicted molar refractivity (Wildman–Crippen MR) is 223 cm³/mol. The molecule has 0 saturated heterocycles. The van der Waals surface area contributed by atoms with Gasteiger partial charge in [0.25, 0.3) is 0 Å². The van der Waals surface area contributed by atoms with Crippen molar-refractivity contribution in [2.24, 2.45) is 0 Å². The lowest BCUT2D eigenvalue weighted by atomic mass is 9.88. The van der Waals surface area contributed by atoms with Crippen molar-refractivity contribution in [2.45, 2.75) is 26.2 Å². The third-order valence-electron chi connectivity index (χ3n) is 10.9. The Morgan fingerprint density at radius 3 is 1.88 bits per heavy atom. The normalized spacial score (nSPS) is 13.2. The number of aromatic nitrogens is 2. The van der Waals surface area contributed by atoms with Crippen LogP contribution < -0.4 is 30.5 Å². The topological polar surface area (TPSA) is 24.3 Å². The Labute approximate surface area is 307 Å². The quantitative estimate of drug-likeness (QED) is 0.129. The van der Waals surface area contributed by atoms with Crippen LogP contribution in [0.4, 0.5) is 17.1 Å². The Hall–Kier alpha value is -5.91. The van der Waals surface area contributed by atoms with Crippen LogP contribution >= 0.6 is 0 Å². The average molecular weight is 691 g/mol. The van der Waals surface area contributed by atoms with Crippen LogP contribution in [0.5, 0.6) is 0 Å². The molecule has 0 bridgehead atoms. The minimum absolute atomic E-state index is 0.0000245. The number of benzene rings is 6. The molecule has 0 amide bonds. The first-order valence-electron chi connectivity index (χ1n) is 18.1. The SMILES string of the molecule is CN1CN(c2cccc([Si](c3ccccc3)(c3ccccc3)c3ccc4c5ccccc5n(-c5cc(C(C)(C)C)ccn5)c4c3)c2)c2ccccc21. The number of rotatable bonds is 6. The number of hydrogen-bond acceptors (Lipinski definition) is 3. The van der Waals surface area contributed by atoms with Crippen molar-refractivity contribution in [3.05, 3.63) is 176 Å². The van der Waals surface area contributed by atoms with Gasteiger partial charge < -0.3 is 9.80 Å². The summed E-state index contributed by atoms with van der Waals surface area (Å²) in [5.41, 5.74) is 7.31. The highest BCUT2D eigenvalue weighted by Crippen LogP contribution is 2.39. The van der Waals surface area contributed by atoms with Crippen molar-refractivity contribution in [2.75, 3.05) is 23.5 Å². The van der Waals surface area contributed by atoms with Gasteiger partial charge in [0.2, 0.25) is 0 Å². The largest absolute Gasteiger partial charge is 0.355 e. The van der Waals surface area contributed by atoms with Gasteiger partial charge in [0.15, 0.2) is 8.07 Å². The fraction of sp³-hybridized carbons (Fsp3) is 0.128. The second kappa shape index (κ2) is 12.4. The highest BCUT2D eigenvalue weighted by molar-refractivity contribution is 7.20. The van der Waals surface area contributed by atoms with Gasteiger partial charge in [-0.3, -0.25) is 4.57 Å². The van der Waals surface area contributed by atoms with Crippen LogP contribution in [0.1, 0.15) is 26.3 Å². The fourth-order valence-corrected chi connectivity index (χ4v) is 13.1. The van der Waals surface area contributed by atoms with Crippen LogP contribution in [0.25, 0.3) is 27.6 Å². The highest BCUT2D eigenvalue weighted by Gasteiger charge is 2.42. The number of para-hydroxylation sites is 3. The van der Waals surface area contributed by atoms with E-state index in [2.05, 4.69) is 206 Å². The molecule has 1 aliphatic rings. The van der Waals surface area contributed by atoms with E-state index in [9.17, 15) is 0 Å². The first-order valence-corrected chi connectivity index (χ1v) is 20.1. The van der Waals surface area contributed by atoms with Crippen LogP contribution in [0.15, 0.2) is 170 Å². The van der Waals surface area contributed by atoms with Crippen LogP contribution in [0.3, 0.4) is 0 Å². The lowest BCUT2D eigenvalue weighted by molar-refractivity contribution is 0.588. The van der Waals surface area contributed by atoms with Gasteiger partial charge in [-0.25, -0.2) is 4.98 Å². The first-order chi connectivity index (χ1) is 25.3. The molecule has 8 aromatic rings. The molecule has 0 atom stereocenters. The maximum absolute atomic E-state index is 5.01. The summed E-state index contributed by atoms with van der Waals surface area (Å²) in [5.74, 6) is 0.946. The van der Waals surface area contributed by atoms with Crippen LogP contribution in [-0.4, -0.2) is 31.3 Å². The number of anilines is 3. The first kappa shape index (κ1) is 32.0. The second-order valence-electron chi connectivity index (χ2n) is 15.0. The zero-order chi connectivity index (χ0) is 35.5. The fourth-order valence-electron chi connectivity index (χ4n) is 8.34. The van der Waals surface area contributed by atoms with Crippen molar-refractivity contribution in [1.82, 2.24) is 9.55 Å². The molecule has 2 aromatic heterocycles. The Kier molecular flexibility index (Phi) is 7.63. The van der Waals surface area contributed by atoms with Crippen LogP contribution in [-0.2, 0) is 5.41 Å². The van der Waals surface area contributed by atoms with Gasteiger partial charge in [0, 0.05) is 29.7 Å². The molecule has 0 N–H and O–H groups in total. The van der Waals surface area contributed by atoms with Crippen molar-refractivity contribution >= 4 is 67.7 Å². The van der Waals surface area contributed by atoms with E-state index in [0.29, 0.717) is 0 Å². The van der Waals surface area contributed by atoms with E-state index in [-0.39, 0.29) is 5.41 Å². The van der Waals surface area contributed by atoms with Crippen LogP contribution in [0, 0.1) is 0 Å². The van der Waals surface area contributed by atoms with Gasteiger partial charge in [0.05, 0.1) is 29.1 Å². The highest BCUT2D eigenvalue weighted by atomic mass is 28.3. The molecule has 0 radical (unpaired) electrons. The summed E-state index contributed by atoms with van der Waals surface area (Å²) in [7, 11) is -0.719. The molecule has 0 unspecified atom stereocenters. The van der Waals surface area contributed by atoms with E-state index in [1.54, 1.807) is 0 Å². The minimum Gasteiger partial charge on any atom is -0.355 e. The van der Waals surface area contributed by atoms with Crippen molar-refractivity contribution in [1.29, 1.82) is 0 Å². The molecule has 6 aromatic carbocycles. The molecule has 4 nitrogen and oxygen atoms in total. The van der Waals surface area contributed by atoms with E-state index in [0.717, 1.165) is 12.5 Å². The monoisotopic (exact) mass is 690 g/mol. The molecule has 0 aliphatic carbocycles. The Morgan fingerprint density at radius 2 is 1.15 bits per heavy atom. The zero-order valence-corrected chi connectivity index (χ0v) is 31.2. The Bertz CT molecular complexity index is 2530. The third-order valence-corrected chi connectivity index (χ3v) is 15.6. The molecule has 254 valence electrons. The second-order valence-corrected chi connectivity index (χ2v) is 18.8. The summed E-state index contributed by atoms with van der Waals surface area (Å²) < 4.78 is 2.38. The minimum atomic E-state index is -2.90. The number of nitrogens with zero attached hydrogens (tertiary/aromatic N) is 4. The van der Waals surface area contributed by atoms with Gasteiger partial charge in [-0.15, -0.1) is 0 Å². The number of fused-ring (bicyclic) bond motifs is 4. The Balaban J connectivity index is 1.35. The smallest absolute Gasteiger partial charge is 0.179 e. The molecule has 9 rings (SSSR count). The zero-order valence-electron chi connectivity index (χ0n) is 30.2. The van der Waals surface area contributed by atoms with Crippen LogP contribution in [0.2, 0.25) is 0 Å². The summed E-state index contributed by atoms with van der Waals surface area (Å²) in [5, 5.41) is 7.86. The maximum Gasteiger partial charge on any atom is 0.179 e. The summed E-state index contributed by atoms with van der Waals surface area (Å²) in [6.45, 7) is 7.61. The third kappa shape index (κ3) is 5.07. The van der Waals surface area contributed by atoms with E-state index in [1.165, 1.54) is 65.2 Å². The molecule has 1 aliphatic heterocycles. The van der Waals surface area contributed by atoms with E-state index < -0.39 is 8.07 Å². The van der Waals surface area contributed by atoms with Gasteiger partial charge in [-0.1, -0.05) is 136 Å². The summed E-state index contributed by atoms with van der Waals surface area (Å²) in [4.78, 5) is 9.78. The lowest BCUT2D eigenvalue weighted by Crippen LogP contribution is -2.74. The van der Waals surface area contributed by atoms with Gasteiger partial charge in [-0.05, 0) is 80.3 Å². The average Bonchev–Trinajstić information content (AvgIpc) is 3.70. The maximum atomic E-state index is 5.01. The van der Waals surface area contributed by atoms with Gasteiger partial charge in [0.1, 0.15) is 5.82 Å². The standard InChI is InChI=1S/C47H42N4Si/c1-47(2,3)34-28-29-48-46(30-34)51-42-23-12-11-22-40(42)41-27-26-39(32-45(41)51)52(36-17-7-5-8-18-36,37-19-9-6-10-20-37)38-21-15-16-35(31-38)50-33-49(4)43-24-13-14-25-44(43)50/h5-32H,33H2,1-4H3. The summed E-state index contributed by atoms with van der Waals surface area (Å²) in [6.07, 6.45) is 1.97. The summed E-state index contributed by atoms with van der Waals surface area (Å²) >= 11 is 0. The number of pyridine rings is 1. The Morgan fingerprint density at radius 1 is 0.538 bits per heavy atom. The van der Waals surface area contributed by atoms with Crippen molar-refractivity contribution < 1.29 is 0 Å². The molecule has 0 saturated carbocycles. The van der Waals surface area contributed by atoms with E-state index in [4.69, 9.17) is 4.98 Å². The van der Waals surface area contributed by atoms with Gasteiger partial charge in [-0.2, -0.15) is 0 Å². The molecule has 5 heteroatoms. The molecule has 3 heterocycles.